The largest absolute Gasteiger partial charge is 0.399 e. The molecule has 1 aliphatic heterocycles. The van der Waals surface area contributed by atoms with Crippen LogP contribution in [0.4, 0.5) is 11.5 Å². The Labute approximate surface area is 130 Å². The highest BCUT2D eigenvalue weighted by Gasteiger charge is 2.44. The monoisotopic (exact) mass is 293 g/mol. The zero-order chi connectivity index (χ0) is 15.2. The average Bonchev–Trinajstić information content (AvgIpc) is 2.81. The van der Waals surface area contributed by atoms with Gasteiger partial charge in [0.15, 0.2) is 5.78 Å². The van der Waals surface area contributed by atoms with Crippen LogP contribution in [-0.4, -0.2) is 23.9 Å². The fraction of sp³-hybridized carbons (Fsp3) is 0.333. The number of carbonyl (C=O) groups is 1. The summed E-state index contributed by atoms with van der Waals surface area (Å²) in [5.41, 5.74) is 8.80. The predicted molar refractivity (Wildman–Crippen MR) is 87.2 cm³/mol. The van der Waals surface area contributed by atoms with E-state index in [-0.39, 0.29) is 5.41 Å². The number of Topliss-reactive ketones (excluding diaryl/α,β-unsaturated/α-hetero) is 1. The average molecular weight is 293 g/mol. The van der Waals surface area contributed by atoms with Crippen LogP contribution in [0, 0.1) is 0 Å². The number of hydrogen-bond acceptors (Lipinski definition) is 4. The molecule has 2 aromatic rings. The third kappa shape index (κ3) is 1.98. The van der Waals surface area contributed by atoms with Crippen molar-refractivity contribution in [3.05, 3.63) is 53.7 Å². The smallest absolute Gasteiger partial charge is 0.164 e. The number of nitrogens with zero attached hydrogens (tertiary/aromatic N) is 2. The molecule has 0 amide bonds. The first-order valence-corrected chi connectivity index (χ1v) is 7.77. The van der Waals surface area contributed by atoms with Crippen molar-refractivity contribution in [2.45, 2.75) is 24.7 Å². The number of fused-ring (bicyclic) bond motifs is 2. The third-order valence-electron chi connectivity index (χ3n) is 5.11. The van der Waals surface area contributed by atoms with Gasteiger partial charge in [-0.25, -0.2) is 4.98 Å². The van der Waals surface area contributed by atoms with E-state index in [4.69, 9.17) is 5.73 Å². The summed E-state index contributed by atoms with van der Waals surface area (Å²) in [6.45, 7) is 1.83. The zero-order valence-electron chi connectivity index (χ0n) is 12.5. The second-order valence-corrected chi connectivity index (χ2v) is 6.36. The van der Waals surface area contributed by atoms with E-state index < -0.39 is 0 Å². The number of nitrogen functional groups attached to an aromatic ring is 1. The molecule has 1 saturated heterocycles. The molecule has 0 saturated carbocycles. The predicted octanol–water partition coefficient (Wildman–Crippen LogP) is 2.79. The fourth-order valence-corrected chi connectivity index (χ4v) is 3.90. The number of piperidine rings is 1. The molecule has 1 fully saturated rings. The minimum atomic E-state index is 0.0322. The molecule has 4 heteroatoms. The molecule has 1 aromatic carbocycles. The van der Waals surface area contributed by atoms with Crippen molar-refractivity contribution in [3.63, 3.8) is 0 Å². The van der Waals surface area contributed by atoms with Crippen molar-refractivity contribution in [2.24, 2.45) is 0 Å². The summed E-state index contributed by atoms with van der Waals surface area (Å²) in [6, 6.07) is 11.8. The van der Waals surface area contributed by atoms with E-state index in [1.54, 1.807) is 12.3 Å². The highest BCUT2D eigenvalue weighted by Crippen LogP contribution is 2.46. The summed E-state index contributed by atoms with van der Waals surface area (Å²) in [5, 5.41) is 0. The van der Waals surface area contributed by atoms with Gasteiger partial charge in [0.2, 0.25) is 0 Å². The first-order valence-electron chi connectivity index (χ1n) is 7.77. The molecule has 0 atom stereocenters. The molecule has 2 heterocycles. The van der Waals surface area contributed by atoms with Crippen LogP contribution in [0.5, 0.6) is 0 Å². The first kappa shape index (κ1) is 13.3. The van der Waals surface area contributed by atoms with Gasteiger partial charge in [-0.15, -0.1) is 0 Å². The van der Waals surface area contributed by atoms with E-state index in [2.05, 4.69) is 16.0 Å². The molecule has 22 heavy (non-hydrogen) atoms. The molecule has 1 spiro atoms. The lowest BCUT2D eigenvalue weighted by Crippen LogP contribution is -2.42. The number of benzene rings is 1. The van der Waals surface area contributed by atoms with Crippen molar-refractivity contribution in [3.8, 4) is 0 Å². The van der Waals surface area contributed by atoms with Crippen LogP contribution in [0.15, 0.2) is 42.6 Å². The summed E-state index contributed by atoms with van der Waals surface area (Å²) in [4.78, 5) is 19.0. The van der Waals surface area contributed by atoms with Gasteiger partial charge in [0.05, 0.1) is 0 Å². The molecule has 1 aliphatic carbocycles. The van der Waals surface area contributed by atoms with Gasteiger partial charge < -0.3 is 10.6 Å². The van der Waals surface area contributed by atoms with Gasteiger partial charge in [0.1, 0.15) is 5.82 Å². The molecule has 0 unspecified atom stereocenters. The second-order valence-electron chi connectivity index (χ2n) is 6.36. The summed E-state index contributed by atoms with van der Waals surface area (Å²) in [6.07, 6.45) is 4.40. The first-order chi connectivity index (χ1) is 10.7. The summed E-state index contributed by atoms with van der Waals surface area (Å²) < 4.78 is 0. The second kappa shape index (κ2) is 4.83. The van der Waals surface area contributed by atoms with Crippen LogP contribution in [-0.2, 0) is 5.41 Å². The Bertz CT molecular complexity index is 733. The maximum atomic E-state index is 12.3. The SMILES string of the molecule is Nc1ccnc(N2CCC3(CC2)CC(=O)c2ccccc23)c1. The number of nitrogens with two attached hydrogens (primary N) is 1. The maximum Gasteiger partial charge on any atom is 0.164 e. The number of ketones is 1. The van der Waals surface area contributed by atoms with Crippen LogP contribution < -0.4 is 10.6 Å². The van der Waals surface area contributed by atoms with Crippen molar-refractivity contribution in [1.29, 1.82) is 0 Å². The minimum absolute atomic E-state index is 0.0322. The molecule has 2 aliphatic rings. The number of rotatable bonds is 1. The molecule has 0 bridgehead atoms. The molecule has 1 aromatic heterocycles. The van der Waals surface area contributed by atoms with Crippen molar-refractivity contribution in [1.82, 2.24) is 4.98 Å². The van der Waals surface area contributed by atoms with Gasteiger partial charge in [-0.2, -0.15) is 0 Å². The molecule has 4 nitrogen and oxygen atoms in total. The Hall–Kier alpha value is -2.36. The van der Waals surface area contributed by atoms with Gasteiger partial charge in [0.25, 0.3) is 0 Å². The van der Waals surface area contributed by atoms with Gasteiger partial charge in [0, 0.05) is 48.4 Å². The lowest BCUT2D eigenvalue weighted by molar-refractivity contribution is 0.0966. The Balaban J connectivity index is 1.59. The van der Waals surface area contributed by atoms with Crippen LogP contribution in [0.2, 0.25) is 0 Å². The van der Waals surface area contributed by atoms with Crippen molar-refractivity contribution < 1.29 is 4.79 Å². The number of aromatic nitrogens is 1. The number of pyridine rings is 1. The third-order valence-corrected chi connectivity index (χ3v) is 5.11. The molecular formula is C18H19N3O. The normalized spacial score (nSPS) is 19.5. The minimum Gasteiger partial charge on any atom is -0.399 e. The van der Waals surface area contributed by atoms with Gasteiger partial charge in [-0.1, -0.05) is 24.3 Å². The molecule has 112 valence electrons. The zero-order valence-corrected chi connectivity index (χ0v) is 12.5. The van der Waals surface area contributed by atoms with Crippen molar-refractivity contribution in [2.75, 3.05) is 23.7 Å². The van der Waals surface area contributed by atoms with Crippen LogP contribution in [0.25, 0.3) is 0 Å². The molecule has 4 rings (SSSR count). The number of carbonyl (C=O) groups excluding carboxylic acids is 1. The molecular weight excluding hydrogens is 274 g/mol. The van der Waals surface area contributed by atoms with E-state index in [1.165, 1.54) is 5.56 Å². The Morgan fingerprint density at radius 2 is 1.91 bits per heavy atom. The lowest BCUT2D eigenvalue weighted by atomic mass is 9.74. The van der Waals surface area contributed by atoms with E-state index in [0.717, 1.165) is 43.0 Å². The van der Waals surface area contributed by atoms with Gasteiger partial charge in [-0.3, -0.25) is 4.79 Å². The topological polar surface area (TPSA) is 59.2 Å². The summed E-state index contributed by atoms with van der Waals surface area (Å²) >= 11 is 0. The van der Waals surface area contributed by atoms with E-state index in [9.17, 15) is 4.79 Å². The fourth-order valence-electron chi connectivity index (χ4n) is 3.90. The van der Waals surface area contributed by atoms with E-state index in [1.807, 2.05) is 24.3 Å². The van der Waals surface area contributed by atoms with Crippen LogP contribution in [0.3, 0.4) is 0 Å². The Morgan fingerprint density at radius 1 is 1.14 bits per heavy atom. The quantitative estimate of drug-likeness (QED) is 0.878. The Kier molecular flexibility index (Phi) is 2.93. The van der Waals surface area contributed by atoms with Gasteiger partial charge in [-0.05, 0) is 24.5 Å². The summed E-state index contributed by atoms with van der Waals surface area (Å²) in [5.74, 6) is 1.23. The summed E-state index contributed by atoms with van der Waals surface area (Å²) in [7, 11) is 0. The van der Waals surface area contributed by atoms with Crippen molar-refractivity contribution >= 4 is 17.3 Å². The van der Waals surface area contributed by atoms with Gasteiger partial charge >= 0.3 is 0 Å². The number of anilines is 2. The highest BCUT2D eigenvalue weighted by molar-refractivity contribution is 6.02. The van der Waals surface area contributed by atoms with Crippen LogP contribution >= 0.6 is 0 Å². The van der Waals surface area contributed by atoms with E-state index in [0.29, 0.717) is 12.2 Å². The molecule has 0 radical (unpaired) electrons. The standard InChI is InChI=1S/C18H19N3O/c19-13-5-8-20-17(11-13)21-9-6-18(7-10-21)12-16(22)14-3-1-2-4-15(14)18/h1-5,8,11H,6-7,9-10,12H2,(H2,19,20). The maximum absolute atomic E-state index is 12.3. The van der Waals surface area contributed by atoms with Crippen LogP contribution in [0.1, 0.15) is 35.2 Å². The van der Waals surface area contributed by atoms with E-state index >= 15 is 0 Å². The Morgan fingerprint density at radius 3 is 2.68 bits per heavy atom. The lowest BCUT2D eigenvalue weighted by Gasteiger charge is -2.40. The highest BCUT2D eigenvalue weighted by atomic mass is 16.1. The number of hydrogen-bond donors (Lipinski definition) is 1. The molecule has 2 N–H and O–H groups in total.